The van der Waals surface area contributed by atoms with Crippen LogP contribution in [0, 0.1) is 5.82 Å². The zero-order chi connectivity index (χ0) is 13.0. The van der Waals surface area contributed by atoms with Crippen LogP contribution in [-0.4, -0.2) is 12.1 Å². The van der Waals surface area contributed by atoms with Crippen molar-refractivity contribution in [3.05, 3.63) is 52.9 Å². The first-order valence-electron chi connectivity index (χ1n) is 5.37. The van der Waals surface area contributed by atoms with E-state index in [1.165, 1.54) is 12.3 Å². The van der Waals surface area contributed by atoms with Gasteiger partial charge in [0, 0.05) is 12.7 Å². The van der Waals surface area contributed by atoms with Crippen LogP contribution in [0.5, 0.6) is 5.75 Å². The fraction of sp³-hybridized carbons (Fsp3) is 0.154. The fourth-order valence-corrected chi connectivity index (χ4v) is 1.66. The topological polar surface area (TPSA) is 34.1 Å². The number of hydrogen-bond acceptors (Lipinski definition) is 3. The number of aromatic nitrogens is 1. The van der Waals surface area contributed by atoms with Crippen LogP contribution in [0.4, 0.5) is 10.2 Å². The highest BCUT2D eigenvalue weighted by Crippen LogP contribution is 2.17. The molecule has 1 N–H and O–H groups in total. The van der Waals surface area contributed by atoms with Crippen LogP contribution in [0.15, 0.2) is 36.5 Å². The number of anilines is 1. The monoisotopic (exact) mass is 266 g/mol. The first-order valence-corrected chi connectivity index (χ1v) is 5.74. The molecule has 1 heterocycles. The highest BCUT2D eigenvalue weighted by Gasteiger charge is 2.04. The molecule has 0 unspecified atom stereocenters. The van der Waals surface area contributed by atoms with Gasteiger partial charge in [0.1, 0.15) is 5.75 Å². The summed E-state index contributed by atoms with van der Waals surface area (Å²) in [7, 11) is 1.60. The second-order valence-electron chi connectivity index (χ2n) is 3.69. The third-order valence-corrected chi connectivity index (χ3v) is 2.61. The van der Waals surface area contributed by atoms with Gasteiger partial charge in [-0.3, -0.25) is 0 Å². The molecule has 1 aromatic heterocycles. The molecule has 0 radical (unpaired) electrons. The van der Waals surface area contributed by atoms with Crippen molar-refractivity contribution in [2.45, 2.75) is 6.54 Å². The molecule has 0 spiro atoms. The Balaban J connectivity index is 2.06. The standard InChI is InChI=1S/C13H12ClFN2O/c1-18-11-4-2-3-9(5-11)7-16-13-12(15)6-10(14)8-17-13/h2-6,8H,7H2,1H3,(H,16,17). The zero-order valence-corrected chi connectivity index (χ0v) is 10.5. The lowest BCUT2D eigenvalue weighted by Gasteiger charge is -2.08. The summed E-state index contributed by atoms with van der Waals surface area (Å²) in [5, 5.41) is 3.18. The van der Waals surface area contributed by atoms with E-state index in [1.807, 2.05) is 24.3 Å². The molecule has 3 nitrogen and oxygen atoms in total. The first-order chi connectivity index (χ1) is 8.69. The summed E-state index contributed by atoms with van der Waals surface area (Å²) in [6.07, 6.45) is 1.40. The average molecular weight is 267 g/mol. The molecular weight excluding hydrogens is 255 g/mol. The largest absolute Gasteiger partial charge is 0.497 e. The summed E-state index contributed by atoms with van der Waals surface area (Å²) < 4.78 is 18.6. The van der Waals surface area contributed by atoms with Crippen LogP contribution in [0.2, 0.25) is 5.02 Å². The van der Waals surface area contributed by atoms with Gasteiger partial charge in [-0.25, -0.2) is 9.37 Å². The smallest absolute Gasteiger partial charge is 0.166 e. The van der Waals surface area contributed by atoms with Crippen molar-refractivity contribution in [2.75, 3.05) is 12.4 Å². The molecule has 2 aromatic rings. The number of rotatable bonds is 4. The molecule has 0 aliphatic carbocycles. The second-order valence-corrected chi connectivity index (χ2v) is 4.13. The van der Waals surface area contributed by atoms with Gasteiger partial charge in [-0.15, -0.1) is 0 Å². The summed E-state index contributed by atoms with van der Waals surface area (Å²) in [5.74, 6) is 0.478. The quantitative estimate of drug-likeness (QED) is 0.920. The summed E-state index contributed by atoms with van der Waals surface area (Å²) in [5.41, 5.74) is 0.977. The molecule has 0 saturated heterocycles. The van der Waals surface area contributed by atoms with Crippen LogP contribution >= 0.6 is 11.6 Å². The zero-order valence-electron chi connectivity index (χ0n) is 9.78. The maximum absolute atomic E-state index is 13.5. The molecule has 0 amide bonds. The van der Waals surface area contributed by atoms with Crippen LogP contribution in [0.3, 0.4) is 0 Å². The highest BCUT2D eigenvalue weighted by atomic mass is 35.5. The molecule has 2 rings (SSSR count). The molecule has 0 atom stereocenters. The molecule has 0 aliphatic heterocycles. The van der Waals surface area contributed by atoms with Gasteiger partial charge < -0.3 is 10.1 Å². The van der Waals surface area contributed by atoms with Crippen molar-refractivity contribution >= 4 is 17.4 Å². The highest BCUT2D eigenvalue weighted by molar-refractivity contribution is 6.30. The van der Waals surface area contributed by atoms with Crippen molar-refractivity contribution < 1.29 is 9.13 Å². The summed E-state index contributed by atoms with van der Waals surface area (Å²) in [6.45, 7) is 0.461. The Morgan fingerprint density at radius 2 is 2.22 bits per heavy atom. The summed E-state index contributed by atoms with van der Waals surface area (Å²) >= 11 is 5.63. The van der Waals surface area contributed by atoms with Gasteiger partial charge in [0.2, 0.25) is 0 Å². The minimum atomic E-state index is -0.467. The van der Waals surface area contributed by atoms with E-state index in [9.17, 15) is 4.39 Å². The Hall–Kier alpha value is -1.81. The van der Waals surface area contributed by atoms with Gasteiger partial charge in [-0.2, -0.15) is 0 Å². The van der Waals surface area contributed by atoms with E-state index in [-0.39, 0.29) is 10.8 Å². The summed E-state index contributed by atoms with van der Waals surface area (Å²) in [6, 6.07) is 8.75. The lowest BCUT2D eigenvalue weighted by Crippen LogP contribution is -2.03. The molecule has 0 saturated carbocycles. The predicted molar refractivity (Wildman–Crippen MR) is 69.5 cm³/mol. The van der Waals surface area contributed by atoms with E-state index in [0.29, 0.717) is 6.54 Å². The van der Waals surface area contributed by atoms with E-state index < -0.39 is 5.82 Å². The number of pyridine rings is 1. The number of halogens is 2. The van der Waals surface area contributed by atoms with Crippen molar-refractivity contribution in [2.24, 2.45) is 0 Å². The van der Waals surface area contributed by atoms with E-state index >= 15 is 0 Å². The average Bonchev–Trinajstić information content (AvgIpc) is 2.38. The first kappa shape index (κ1) is 12.6. The Labute approximate surface area is 110 Å². The van der Waals surface area contributed by atoms with E-state index in [1.54, 1.807) is 7.11 Å². The SMILES string of the molecule is COc1cccc(CNc2ncc(Cl)cc2F)c1. The van der Waals surface area contributed by atoms with Crippen LogP contribution in [-0.2, 0) is 6.54 Å². The molecular formula is C13H12ClFN2O. The number of ether oxygens (including phenoxy) is 1. The van der Waals surface area contributed by atoms with E-state index in [2.05, 4.69) is 10.3 Å². The Morgan fingerprint density at radius 3 is 2.94 bits per heavy atom. The Bertz CT molecular complexity index is 548. The van der Waals surface area contributed by atoms with Crippen molar-refractivity contribution in [3.63, 3.8) is 0 Å². The van der Waals surface area contributed by atoms with Gasteiger partial charge in [0.25, 0.3) is 0 Å². The third kappa shape index (κ3) is 3.11. The minimum absolute atomic E-state index is 0.183. The molecule has 94 valence electrons. The number of methoxy groups -OCH3 is 1. The van der Waals surface area contributed by atoms with Gasteiger partial charge in [0.05, 0.1) is 12.1 Å². The fourth-order valence-electron chi connectivity index (χ4n) is 1.51. The van der Waals surface area contributed by atoms with Crippen molar-refractivity contribution in [3.8, 4) is 5.75 Å². The third-order valence-electron chi connectivity index (χ3n) is 2.40. The molecule has 1 aromatic carbocycles. The normalized spacial score (nSPS) is 10.2. The van der Waals surface area contributed by atoms with Crippen molar-refractivity contribution in [1.29, 1.82) is 0 Å². The van der Waals surface area contributed by atoms with E-state index in [4.69, 9.17) is 16.3 Å². The molecule has 0 fully saturated rings. The van der Waals surface area contributed by atoms with Gasteiger partial charge in [-0.05, 0) is 23.8 Å². The lowest BCUT2D eigenvalue weighted by atomic mass is 10.2. The number of nitrogens with one attached hydrogen (secondary N) is 1. The van der Waals surface area contributed by atoms with Gasteiger partial charge in [-0.1, -0.05) is 23.7 Å². The Morgan fingerprint density at radius 1 is 1.39 bits per heavy atom. The summed E-state index contributed by atoms with van der Waals surface area (Å²) in [4.78, 5) is 3.89. The molecule has 0 aliphatic rings. The Kier molecular flexibility index (Phi) is 3.99. The molecule has 0 bridgehead atoms. The van der Waals surface area contributed by atoms with Crippen LogP contribution in [0.1, 0.15) is 5.56 Å². The molecule has 18 heavy (non-hydrogen) atoms. The van der Waals surface area contributed by atoms with Crippen molar-refractivity contribution in [1.82, 2.24) is 4.98 Å². The minimum Gasteiger partial charge on any atom is -0.497 e. The second kappa shape index (κ2) is 5.69. The maximum atomic E-state index is 13.5. The lowest BCUT2D eigenvalue weighted by molar-refractivity contribution is 0.414. The van der Waals surface area contributed by atoms with Crippen LogP contribution < -0.4 is 10.1 Å². The maximum Gasteiger partial charge on any atom is 0.166 e. The van der Waals surface area contributed by atoms with Crippen LogP contribution in [0.25, 0.3) is 0 Å². The molecule has 5 heteroatoms. The number of hydrogen-bond donors (Lipinski definition) is 1. The van der Waals surface area contributed by atoms with E-state index in [0.717, 1.165) is 11.3 Å². The number of nitrogens with zero attached hydrogens (tertiary/aromatic N) is 1. The predicted octanol–water partition coefficient (Wildman–Crippen LogP) is 3.49. The van der Waals surface area contributed by atoms with Gasteiger partial charge in [0.15, 0.2) is 11.6 Å². The number of benzene rings is 1. The van der Waals surface area contributed by atoms with Gasteiger partial charge >= 0.3 is 0 Å².